The molecule has 1 unspecified atom stereocenters. The largest absolute Gasteiger partial charge is 0.493 e. The number of rotatable bonds is 7. The summed E-state index contributed by atoms with van der Waals surface area (Å²) in [6, 6.07) is 8.92. The molecule has 0 N–H and O–H groups in total. The van der Waals surface area contributed by atoms with Crippen molar-refractivity contribution in [2.24, 2.45) is 5.92 Å². The summed E-state index contributed by atoms with van der Waals surface area (Å²) in [5, 5.41) is 0. The Bertz CT molecular complexity index is 683. The van der Waals surface area contributed by atoms with Crippen LogP contribution in [0.25, 0.3) is 6.08 Å². The van der Waals surface area contributed by atoms with Crippen molar-refractivity contribution in [3.63, 3.8) is 0 Å². The van der Waals surface area contributed by atoms with Crippen LogP contribution in [0.4, 0.5) is 5.69 Å². The molecule has 146 valence electrons. The number of anilines is 1. The van der Waals surface area contributed by atoms with E-state index in [0.717, 1.165) is 57.1 Å². The molecule has 1 saturated heterocycles. The lowest BCUT2D eigenvalue weighted by Crippen LogP contribution is -2.47. The number of allylic oxidation sites excluding steroid dienone is 2. The fourth-order valence-electron chi connectivity index (χ4n) is 3.77. The number of ether oxygens (including phenoxy) is 2. The monoisotopic (exact) mass is 368 g/mol. The predicted octanol–water partition coefficient (Wildman–Crippen LogP) is 4.31. The van der Waals surface area contributed by atoms with E-state index >= 15 is 0 Å². The molecule has 27 heavy (non-hydrogen) atoms. The van der Waals surface area contributed by atoms with Gasteiger partial charge in [-0.1, -0.05) is 31.2 Å². The number of nitrogens with zero attached hydrogens (tertiary/aromatic N) is 2. The van der Waals surface area contributed by atoms with Crippen LogP contribution in [0, 0.1) is 5.92 Å². The number of piperazine rings is 1. The Morgan fingerprint density at radius 3 is 2.33 bits per heavy atom. The molecule has 0 bridgehead atoms. The summed E-state index contributed by atoms with van der Waals surface area (Å²) < 4.78 is 10.8. The van der Waals surface area contributed by atoms with Gasteiger partial charge in [0.05, 0.1) is 14.2 Å². The quantitative estimate of drug-likeness (QED) is 0.716. The van der Waals surface area contributed by atoms with E-state index in [9.17, 15) is 0 Å². The lowest BCUT2D eigenvalue weighted by atomic mass is 9.98. The Morgan fingerprint density at radius 2 is 1.70 bits per heavy atom. The van der Waals surface area contributed by atoms with Crippen molar-refractivity contribution in [1.82, 2.24) is 4.90 Å². The van der Waals surface area contributed by atoms with Gasteiger partial charge in [0, 0.05) is 38.4 Å². The molecule has 3 rings (SSSR count). The standard InChI is InChI=1S/C23H32N2O2/c1-4-5-6-19-7-10-21(11-8-19)25-15-13-24(14-16-25)18-20-9-12-22(26-2)23(17-20)27-3/h5-8,10-12,17,20H,4,9,13-16,18H2,1-3H3/b6-5+. The normalized spacial score (nSPS) is 21.1. The maximum Gasteiger partial charge on any atom is 0.156 e. The van der Waals surface area contributed by atoms with E-state index in [1.54, 1.807) is 14.2 Å². The molecule has 1 heterocycles. The Balaban J connectivity index is 1.50. The van der Waals surface area contributed by atoms with Gasteiger partial charge >= 0.3 is 0 Å². The minimum atomic E-state index is 0.495. The summed E-state index contributed by atoms with van der Waals surface area (Å²) in [5.41, 5.74) is 2.61. The summed E-state index contributed by atoms with van der Waals surface area (Å²) >= 11 is 0. The Kier molecular flexibility index (Phi) is 6.99. The van der Waals surface area contributed by atoms with E-state index in [1.165, 1.54) is 11.3 Å². The molecule has 1 aromatic carbocycles. The highest BCUT2D eigenvalue weighted by molar-refractivity contribution is 5.56. The first-order chi connectivity index (χ1) is 13.2. The van der Waals surface area contributed by atoms with Gasteiger partial charge in [-0.2, -0.15) is 0 Å². The van der Waals surface area contributed by atoms with Crippen LogP contribution < -0.4 is 4.90 Å². The third-order valence-electron chi connectivity index (χ3n) is 5.34. The highest BCUT2D eigenvalue weighted by atomic mass is 16.5. The molecular weight excluding hydrogens is 336 g/mol. The molecule has 0 spiro atoms. The molecular formula is C23H32N2O2. The summed E-state index contributed by atoms with van der Waals surface area (Å²) in [5.74, 6) is 2.22. The predicted molar refractivity (Wildman–Crippen MR) is 113 cm³/mol. The Hall–Kier alpha value is -2.20. The number of benzene rings is 1. The Morgan fingerprint density at radius 1 is 1.00 bits per heavy atom. The van der Waals surface area contributed by atoms with E-state index in [1.807, 2.05) is 0 Å². The summed E-state index contributed by atoms with van der Waals surface area (Å²) in [6.07, 6.45) is 10.9. The second-order valence-electron chi connectivity index (χ2n) is 7.19. The zero-order valence-corrected chi connectivity index (χ0v) is 16.9. The first-order valence-electron chi connectivity index (χ1n) is 9.97. The Labute approximate surface area is 163 Å². The van der Waals surface area contributed by atoms with Gasteiger partial charge in [0.2, 0.25) is 0 Å². The second-order valence-corrected chi connectivity index (χ2v) is 7.19. The van der Waals surface area contributed by atoms with E-state index < -0.39 is 0 Å². The maximum atomic E-state index is 5.46. The molecule has 0 saturated carbocycles. The van der Waals surface area contributed by atoms with Crippen LogP contribution in [0.3, 0.4) is 0 Å². The van der Waals surface area contributed by atoms with Gasteiger partial charge < -0.3 is 14.4 Å². The smallest absolute Gasteiger partial charge is 0.156 e. The van der Waals surface area contributed by atoms with Crippen molar-refractivity contribution >= 4 is 11.8 Å². The minimum absolute atomic E-state index is 0.495. The average molecular weight is 369 g/mol. The summed E-state index contributed by atoms with van der Waals surface area (Å²) in [4.78, 5) is 5.05. The second kappa shape index (κ2) is 9.65. The van der Waals surface area contributed by atoms with Crippen molar-refractivity contribution in [3.8, 4) is 0 Å². The third kappa shape index (κ3) is 5.16. The van der Waals surface area contributed by atoms with Gasteiger partial charge in [-0.15, -0.1) is 0 Å². The summed E-state index contributed by atoms with van der Waals surface area (Å²) in [6.45, 7) is 7.61. The number of hydrogen-bond acceptors (Lipinski definition) is 4. The van der Waals surface area contributed by atoms with Crippen LogP contribution in [0.1, 0.15) is 25.3 Å². The van der Waals surface area contributed by atoms with Crippen molar-refractivity contribution < 1.29 is 9.47 Å². The first kappa shape index (κ1) is 19.6. The lowest BCUT2D eigenvalue weighted by molar-refractivity contribution is 0.199. The van der Waals surface area contributed by atoms with Crippen LogP contribution in [0.5, 0.6) is 0 Å². The maximum absolute atomic E-state index is 5.46. The first-order valence-corrected chi connectivity index (χ1v) is 9.97. The molecule has 0 aromatic heterocycles. The zero-order valence-electron chi connectivity index (χ0n) is 16.9. The van der Waals surface area contributed by atoms with Crippen LogP contribution >= 0.6 is 0 Å². The fourth-order valence-corrected chi connectivity index (χ4v) is 3.77. The topological polar surface area (TPSA) is 24.9 Å². The SMILES string of the molecule is CC/C=C/c1ccc(N2CCN(CC3C=C(OC)C(OC)=CC3)CC2)cc1. The van der Waals surface area contributed by atoms with Crippen molar-refractivity contribution in [1.29, 1.82) is 0 Å². The van der Waals surface area contributed by atoms with Gasteiger partial charge in [-0.25, -0.2) is 0 Å². The molecule has 1 fully saturated rings. The number of methoxy groups -OCH3 is 2. The number of hydrogen-bond donors (Lipinski definition) is 0. The van der Waals surface area contributed by atoms with Crippen molar-refractivity contribution in [2.45, 2.75) is 19.8 Å². The van der Waals surface area contributed by atoms with Crippen LogP contribution in [0.2, 0.25) is 0 Å². The van der Waals surface area contributed by atoms with E-state index in [2.05, 4.69) is 65.3 Å². The molecule has 0 radical (unpaired) electrons. The third-order valence-corrected chi connectivity index (χ3v) is 5.34. The van der Waals surface area contributed by atoms with Crippen LogP contribution in [0.15, 0.2) is 54.0 Å². The molecule has 1 atom stereocenters. The summed E-state index contributed by atoms with van der Waals surface area (Å²) in [7, 11) is 3.41. The molecule has 0 amide bonds. The highest BCUT2D eigenvalue weighted by Crippen LogP contribution is 2.25. The fraction of sp³-hybridized carbons (Fsp3) is 0.478. The average Bonchev–Trinajstić information content (AvgIpc) is 2.73. The lowest BCUT2D eigenvalue weighted by Gasteiger charge is -2.37. The van der Waals surface area contributed by atoms with Gasteiger partial charge in [0.25, 0.3) is 0 Å². The molecule has 1 aliphatic carbocycles. The van der Waals surface area contributed by atoms with Gasteiger partial charge in [-0.3, -0.25) is 4.90 Å². The van der Waals surface area contributed by atoms with Gasteiger partial charge in [0.15, 0.2) is 11.5 Å². The van der Waals surface area contributed by atoms with E-state index in [4.69, 9.17) is 9.47 Å². The van der Waals surface area contributed by atoms with E-state index in [-0.39, 0.29) is 0 Å². The molecule has 1 aliphatic heterocycles. The molecule has 2 aliphatic rings. The van der Waals surface area contributed by atoms with Gasteiger partial charge in [0.1, 0.15) is 0 Å². The van der Waals surface area contributed by atoms with Crippen molar-refractivity contribution in [2.75, 3.05) is 51.8 Å². The molecule has 1 aromatic rings. The zero-order chi connectivity index (χ0) is 19.1. The highest BCUT2D eigenvalue weighted by Gasteiger charge is 2.22. The molecule has 4 heteroatoms. The van der Waals surface area contributed by atoms with E-state index in [0.29, 0.717) is 5.92 Å². The van der Waals surface area contributed by atoms with Crippen LogP contribution in [-0.2, 0) is 9.47 Å². The van der Waals surface area contributed by atoms with Crippen LogP contribution in [-0.4, -0.2) is 51.8 Å². The minimum Gasteiger partial charge on any atom is -0.493 e. The molecule has 4 nitrogen and oxygen atoms in total. The van der Waals surface area contributed by atoms with Gasteiger partial charge in [-0.05, 0) is 48.6 Å². The van der Waals surface area contributed by atoms with Crippen molar-refractivity contribution in [3.05, 3.63) is 59.6 Å².